The van der Waals surface area contributed by atoms with Crippen molar-refractivity contribution in [3.8, 4) is 5.75 Å². The molecule has 2 N–H and O–H groups in total. The summed E-state index contributed by atoms with van der Waals surface area (Å²) in [6.45, 7) is 1.91. The molecule has 0 saturated carbocycles. The first kappa shape index (κ1) is 14.4. The first-order chi connectivity index (χ1) is 9.42. The molecule has 0 aliphatic carbocycles. The van der Waals surface area contributed by atoms with Gasteiger partial charge >= 0.3 is 0 Å². The monoisotopic (exact) mass is 291 g/mol. The van der Waals surface area contributed by atoms with Gasteiger partial charge in [0.15, 0.2) is 9.84 Å². The predicted molar refractivity (Wildman–Crippen MR) is 79.5 cm³/mol. The molecule has 20 heavy (non-hydrogen) atoms. The van der Waals surface area contributed by atoms with E-state index in [1.165, 1.54) is 13.2 Å². The molecular formula is C15H17NO3S. The van der Waals surface area contributed by atoms with Crippen molar-refractivity contribution in [3.63, 3.8) is 0 Å². The van der Waals surface area contributed by atoms with Crippen LogP contribution in [0.3, 0.4) is 0 Å². The first-order valence-corrected chi connectivity index (χ1v) is 7.79. The molecule has 0 bridgehead atoms. The minimum Gasteiger partial charge on any atom is -0.496 e. The van der Waals surface area contributed by atoms with Crippen LogP contribution < -0.4 is 10.5 Å². The largest absolute Gasteiger partial charge is 0.496 e. The average Bonchev–Trinajstić information content (AvgIpc) is 2.38. The van der Waals surface area contributed by atoms with Gasteiger partial charge in [-0.25, -0.2) is 8.42 Å². The number of ether oxygens (including phenoxy) is 1. The van der Waals surface area contributed by atoms with Crippen LogP contribution in [0.2, 0.25) is 0 Å². The quantitative estimate of drug-likeness (QED) is 0.879. The molecule has 0 aliphatic rings. The summed E-state index contributed by atoms with van der Waals surface area (Å²) in [7, 11) is -1.92. The van der Waals surface area contributed by atoms with Gasteiger partial charge in [-0.1, -0.05) is 23.8 Å². The molecule has 2 aromatic carbocycles. The van der Waals surface area contributed by atoms with Crippen LogP contribution in [0.25, 0.3) is 0 Å². The van der Waals surface area contributed by atoms with Crippen LogP contribution in [-0.2, 0) is 15.6 Å². The van der Waals surface area contributed by atoms with Crippen molar-refractivity contribution in [3.05, 3.63) is 53.6 Å². The highest BCUT2D eigenvalue weighted by atomic mass is 32.2. The number of nitrogen functional groups attached to an aromatic ring is 1. The van der Waals surface area contributed by atoms with Gasteiger partial charge in [-0.05, 0) is 31.2 Å². The maximum atomic E-state index is 12.4. The van der Waals surface area contributed by atoms with Crippen LogP contribution in [0.15, 0.2) is 47.4 Å². The minimum atomic E-state index is -3.45. The van der Waals surface area contributed by atoms with Crippen molar-refractivity contribution in [1.29, 1.82) is 0 Å². The highest BCUT2D eigenvalue weighted by Gasteiger charge is 2.18. The van der Waals surface area contributed by atoms with Gasteiger partial charge in [0.25, 0.3) is 0 Å². The molecule has 0 spiro atoms. The third kappa shape index (κ3) is 3.11. The third-order valence-electron chi connectivity index (χ3n) is 3.00. The second-order valence-electron chi connectivity index (χ2n) is 4.65. The normalized spacial score (nSPS) is 11.3. The summed E-state index contributed by atoms with van der Waals surface area (Å²) in [5, 5.41) is 0. The van der Waals surface area contributed by atoms with E-state index in [1.807, 2.05) is 19.1 Å². The smallest absolute Gasteiger partial charge is 0.182 e. The Labute approximate surface area is 119 Å². The molecule has 0 aromatic heterocycles. The molecule has 0 heterocycles. The van der Waals surface area contributed by atoms with Crippen molar-refractivity contribution in [2.75, 3.05) is 12.8 Å². The van der Waals surface area contributed by atoms with Gasteiger partial charge in [0.2, 0.25) is 0 Å². The van der Waals surface area contributed by atoms with E-state index in [0.717, 1.165) is 5.56 Å². The molecule has 106 valence electrons. The summed E-state index contributed by atoms with van der Waals surface area (Å²) in [6, 6.07) is 11.8. The lowest BCUT2D eigenvalue weighted by Gasteiger charge is -2.10. The molecular weight excluding hydrogens is 274 g/mol. The Morgan fingerprint density at radius 3 is 2.55 bits per heavy atom. The zero-order chi connectivity index (χ0) is 14.8. The average molecular weight is 291 g/mol. The van der Waals surface area contributed by atoms with Crippen LogP contribution in [0.1, 0.15) is 11.1 Å². The molecule has 2 rings (SSSR count). The number of aryl methyl sites for hydroxylation is 1. The number of hydrogen-bond donors (Lipinski definition) is 1. The van der Waals surface area contributed by atoms with E-state index in [4.69, 9.17) is 10.5 Å². The molecule has 0 atom stereocenters. The van der Waals surface area contributed by atoms with Crippen LogP contribution in [0.4, 0.5) is 5.69 Å². The summed E-state index contributed by atoms with van der Waals surface area (Å²) in [5.74, 6) is 0.462. The van der Waals surface area contributed by atoms with Gasteiger partial charge < -0.3 is 10.5 Å². The zero-order valence-corrected chi connectivity index (χ0v) is 12.3. The minimum absolute atomic E-state index is 0.110. The number of benzene rings is 2. The SMILES string of the molecule is COc1ccc(C)cc1CS(=O)(=O)c1cccc(N)c1. The van der Waals surface area contributed by atoms with E-state index >= 15 is 0 Å². The molecule has 0 aliphatic heterocycles. The fourth-order valence-corrected chi connectivity index (χ4v) is 3.42. The number of anilines is 1. The van der Waals surface area contributed by atoms with Gasteiger partial charge in [-0.2, -0.15) is 0 Å². The molecule has 0 radical (unpaired) electrons. The molecule has 4 nitrogen and oxygen atoms in total. The second-order valence-corrected chi connectivity index (χ2v) is 6.64. The van der Waals surface area contributed by atoms with E-state index < -0.39 is 9.84 Å². The lowest BCUT2D eigenvalue weighted by atomic mass is 10.1. The van der Waals surface area contributed by atoms with Gasteiger partial charge in [-0.3, -0.25) is 0 Å². The van der Waals surface area contributed by atoms with Gasteiger partial charge in [0.1, 0.15) is 5.75 Å². The van der Waals surface area contributed by atoms with E-state index in [0.29, 0.717) is 17.0 Å². The van der Waals surface area contributed by atoms with Crippen molar-refractivity contribution in [2.45, 2.75) is 17.6 Å². The summed E-state index contributed by atoms with van der Waals surface area (Å²) >= 11 is 0. The lowest BCUT2D eigenvalue weighted by Crippen LogP contribution is -2.07. The van der Waals surface area contributed by atoms with Crippen LogP contribution >= 0.6 is 0 Å². The van der Waals surface area contributed by atoms with Crippen molar-refractivity contribution in [2.24, 2.45) is 0 Å². The number of hydrogen-bond acceptors (Lipinski definition) is 4. The van der Waals surface area contributed by atoms with E-state index in [-0.39, 0.29) is 10.6 Å². The predicted octanol–water partition coefficient (Wildman–Crippen LogP) is 2.56. The molecule has 0 saturated heterocycles. The molecule has 0 unspecified atom stereocenters. The second kappa shape index (κ2) is 5.54. The Kier molecular flexibility index (Phi) is 3.99. The third-order valence-corrected chi connectivity index (χ3v) is 4.66. The number of methoxy groups -OCH3 is 1. The number of nitrogens with two attached hydrogens (primary N) is 1. The first-order valence-electron chi connectivity index (χ1n) is 6.14. The van der Waals surface area contributed by atoms with Crippen LogP contribution in [0, 0.1) is 6.92 Å². The highest BCUT2D eigenvalue weighted by molar-refractivity contribution is 7.90. The molecule has 5 heteroatoms. The van der Waals surface area contributed by atoms with E-state index in [9.17, 15) is 8.42 Å². The topological polar surface area (TPSA) is 69.4 Å². The van der Waals surface area contributed by atoms with Gasteiger partial charge in [0, 0.05) is 11.3 Å². The van der Waals surface area contributed by atoms with Crippen molar-refractivity contribution < 1.29 is 13.2 Å². The zero-order valence-electron chi connectivity index (χ0n) is 11.5. The Morgan fingerprint density at radius 1 is 1.15 bits per heavy atom. The fourth-order valence-electron chi connectivity index (χ4n) is 2.02. The Balaban J connectivity index is 2.40. The Bertz CT molecular complexity index is 724. The standard InChI is InChI=1S/C15H17NO3S/c1-11-6-7-15(19-2)12(8-11)10-20(17,18)14-5-3-4-13(16)9-14/h3-9H,10,16H2,1-2H3. The maximum Gasteiger partial charge on any atom is 0.182 e. The van der Waals surface area contributed by atoms with Crippen molar-refractivity contribution in [1.82, 2.24) is 0 Å². The Morgan fingerprint density at radius 2 is 1.90 bits per heavy atom. The van der Waals surface area contributed by atoms with Gasteiger partial charge in [-0.15, -0.1) is 0 Å². The van der Waals surface area contributed by atoms with E-state index in [2.05, 4.69) is 0 Å². The Hall–Kier alpha value is -2.01. The van der Waals surface area contributed by atoms with Crippen LogP contribution in [0.5, 0.6) is 5.75 Å². The van der Waals surface area contributed by atoms with Gasteiger partial charge in [0.05, 0.1) is 17.8 Å². The van der Waals surface area contributed by atoms with Crippen molar-refractivity contribution >= 4 is 15.5 Å². The number of sulfone groups is 1. The number of rotatable bonds is 4. The summed E-state index contributed by atoms with van der Waals surface area (Å²) in [6.07, 6.45) is 0. The lowest BCUT2D eigenvalue weighted by molar-refractivity contribution is 0.411. The summed E-state index contributed by atoms with van der Waals surface area (Å²) < 4.78 is 30.1. The maximum absolute atomic E-state index is 12.4. The summed E-state index contributed by atoms with van der Waals surface area (Å²) in [5.41, 5.74) is 7.71. The highest BCUT2D eigenvalue weighted by Crippen LogP contribution is 2.25. The molecule has 0 fully saturated rings. The summed E-state index contributed by atoms with van der Waals surface area (Å²) in [4.78, 5) is 0.223. The fraction of sp³-hybridized carbons (Fsp3) is 0.200. The molecule has 0 amide bonds. The van der Waals surface area contributed by atoms with Crippen LogP contribution in [-0.4, -0.2) is 15.5 Å². The molecule has 2 aromatic rings. The van der Waals surface area contributed by atoms with E-state index in [1.54, 1.807) is 24.3 Å².